The molecule has 156 valence electrons. The number of anilines is 1. The van der Waals surface area contributed by atoms with Crippen LogP contribution in [-0.4, -0.2) is 56.1 Å². The molecule has 1 unspecified atom stereocenters. The summed E-state index contributed by atoms with van der Waals surface area (Å²) >= 11 is 1.71. The highest BCUT2D eigenvalue weighted by atomic mass is 32.1. The SMILES string of the molecule is Cc1ccc(NC(=O)CN(C)C(=O)C[NH+](Cc2cccs2)C[C@@H]2CCCO2)cc1. The summed E-state index contributed by atoms with van der Waals surface area (Å²) in [6.45, 7) is 4.81. The summed E-state index contributed by atoms with van der Waals surface area (Å²) in [5.74, 6) is -0.225. The van der Waals surface area contributed by atoms with E-state index in [-0.39, 0.29) is 24.5 Å². The smallest absolute Gasteiger partial charge is 0.277 e. The maximum absolute atomic E-state index is 12.8. The van der Waals surface area contributed by atoms with Crippen molar-refractivity contribution >= 4 is 28.8 Å². The predicted molar refractivity (Wildman–Crippen MR) is 115 cm³/mol. The summed E-state index contributed by atoms with van der Waals surface area (Å²) in [6.07, 6.45) is 2.36. The van der Waals surface area contributed by atoms with E-state index in [1.807, 2.05) is 37.3 Å². The average molecular weight is 417 g/mol. The fourth-order valence-electron chi connectivity index (χ4n) is 3.48. The lowest BCUT2D eigenvalue weighted by Gasteiger charge is -2.24. The van der Waals surface area contributed by atoms with Gasteiger partial charge in [-0.2, -0.15) is 0 Å². The Morgan fingerprint density at radius 1 is 1.28 bits per heavy atom. The van der Waals surface area contributed by atoms with Crippen LogP contribution in [0.1, 0.15) is 23.3 Å². The van der Waals surface area contributed by atoms with Crippen LogP contribution in [0.25, 0.3) is 0 Å². The lowest BCUT2D eigenvalue weighted by atomic mass is 10.2. The Labute approximate surface area is 176 Å². The molecule has 1 aromatic carbocycles. The normalized spacial score (nSPS) is 17.1. The van der Waals surface area contributed by atoms with E-state index in [1.54, 1.807) is 18.4 Å². The number of rotatable bonds is 9. The van der Waals surface area contributed by atoms with Gasteiger partial charge in [-0.3, -0.25) is 9.59 Å². The summed E-state index contributed by atoms with van der Waals surface area (Å²) in [5.41, 5.74) is 1.88. The largest absolute Gasteiger partial charge is 0.372 e. The van der Waals surface area contributed by atoms with Crippen LogP contribution in [0.4, 0.5) is 5.69 Å². The third kappa shape index (κ3) is 6.96. The summed E-state index contributed by atoms with van der Waals surface area (Å²) in [4.78, 5) is 29.0. The van der Waals surface area contributed by atoms with E-state index in [1.165, 1.54) is 14.7 Å². The third-order valence-electron chi connectivity index (χ3n) is 5.09. The molecule has 1 fully saturated rings. The molecular weight excluding hydrogens is 386 g/mol. The second kappa shape index (κ2) is 10.5. The number of thiophene rings is 1. The van der Waals surface area contributed by atoms with Crippen LogP contribution < -0.4 is 10.2 Å². The number of carbonyl (C=O) groups is 2. The van der Waals surface area contributed by atoms with Gasteiger partial charge >= 0.3 is 0 Å². The Bertz CT molecular complexity index is 786. The van der Waals surface area contributed by atoms with E-state index in [0.717, 1.165) is 43.8 Å². The zero-order valence-corrected chi connectivity index (χ0v) is 18.0. The molecule has 1 aliphatic heterocycles. The van der Waals surface area contributed by atoms with Gasteiger partial charge in [-0.25, -0.2) is 0 Å². The third-order valence-corrected chi connectivity index (χ3v) is 5.96. The van der Waals surface area contributed by atoms with Crippen LogP contribution in [-0.2, 0) is 20.9 Å². The fourth-order valence-corrected chi connectivity index (χ4v) is 4.26. The van der Waals surface area contributed by atoms with Gasteiger partial charge in [0, 0.05) is 19.3 Å². The van der Waals surface area contributed by atoms with E-state index in [4.69, 9.17) is 4.74 Å². The van der Waals surface area contributed by atoms with Gasteiger partial charge in [-0.15, -0.1) is 11.3 Å². The molecule has 1 aromatic heterocycles. The van der Waals surface area contributed by atoms with Gasteiger partial charge in [0.15, 0.2) is 6.54 Å². The highest BCUT2D eigenvalue weighted by molar-refractivity contribution is 7.09. The van der Waals surface area contributed by atoms with Crippen molar-refractivity contribution < 1.29 is 19.2 Å². The molecule has 1 aliphatic rings. The Hall–Kier alpha value is -2.22. The number of ether oxygens (including phenoxy) is 1. The summed E-state index contributed by atoms with van der Waals surface area (Å²) in [6, 6.07) is 11.8. The Morgan fingerprint density at radius 3 is 2.72 bits per heavy atom. The molecule has 29 heavy (non-hydrogen) atoms. The van der Waals surface area contributed by atoms with Gasteiger partial charge in [0.25, 0.3) is 5.91 Å². The first kappa shape index (κ1) is 21.5. The van der Waals surface area contributed by atoms with Crippen LogP contribution >= 0.6 is 11.3 Å². The molecule has 2 N–H and O–H groups in total. The first-order valence-corrected chi connectivity index (χ1v) is 11.0. The molecular formula is C22H30N3O3S+. The van der Waals surface area contributed by atoms with Crippen molar-refractivity contribution in [3.05, 3.63) is 52.2 Å². The number of hydrogen-bond acceptors (Lipinski definition) is 4. The minimum Gasteiger partial charge on any atom is -0.372 e. The Morgan fingerprint density at radius 2 is 2.07 bits per heavy atom. The topological polar surface area (TPSA) is 63.1 Å². The van der Waals surface area contributed by atoms with Crippen molar-refractivity contribution in [2.45, 2.75) is 32.4 Å². The summed E-state index contributed by atoms with van der Waals surface area (Å²) in [5, 5.41) is 4.90. The minimum absolute atomic E-state index is 0.0337. The average Bonchev–Trinajstić information content (AvgIpc) is 3.37. The summed E-state index contributed by atoms with van der Waals surface area (Å²) in [7, 11) is 1.69. The van der Waals surface area contributed by atoms with Crippen molar-refractivity contribution in [1.29, 1.82) is 0 Å². The van der Waals surface area contributed by atoms with E-state index >= 15 is 0 Å². The molecule has 7 heteroatoms. The molecule has 2 heterocycles. The molecule has 0 radical (unpaired) electrons. The van der Waals surface area contributed by atoms with Crippen molar-refractivity contribution in [2.24, 2.45) is 0 Å². The Kier molecular flexibility index (Phi) is 7.80. The van der Waals surface area contributed by atoms with Gasteiger partial charge in [0.2, 0.25) is 5.91 Å². The van der Waals surface area contributed by atoms with E-state index < -0.39 is 0 Å². The Balaban J connectivity index is 1.52. The van der Waals surface area contributed by atoms with Gasteiger partial charge in [0.1, 0.15) is 19.2 Å². The molecule has 2 atom stereocenters. The van der Waals surface area contributed by atoms with Crippen LogP contribution in [0, 0.1) is 6.92 Å². The number of nitrogens with one attached hydrogen (secondary N) is 2. The van der Waals surface area contributed by atoms with Crippen molar-refractivity contribution in [3.63, 3.8) is 0 Å². The zero-order valence-electron chi connectivity index (χ0n) is 17.1. The summed E-state index contributed by atoms with van der Waals surface area (Å²) < 4.78 is 5.78. The van der Waals surface area contributed by atoms with Crippen LogP contribution in [0.15, 0.2) is 41.8 Å². The number of likely N-dealkylation sites (N-methyl/N-ethyl adjacent to an activating group) is 1. The van der Waals surface area contributed by atoms with Crippen molar-refractivity contribution in [3.8, 4) is 0 Å². The van der Waals surface area contributed by atoms with E-state index in [0.29, 0.717) is 6.54 Å². The van der Waals surface area contributed by atoms with Gasteiger partial charge in [-0.1, -0.05) is 23.8 Å². The second-order valence-corrected chi connectivity index (χ2v) is 8.72. The van der Waals surface area contributed by atoms with Crippen LogP contribution in [0.3, 0.4) is 0 Å². The zero-order chi connectivity index (χ0) is 20.6. The molecule has 2 aromatic rings. The van der Waals surface area contributed by atoms with Crippen LogP contribution in [0.2, 0.25) is 0 Å². The lowest BCUT2D eigenvalue weighted by molar-refractivity contribution is -0.908. The van der Waals surface area contributed by atoms with Gasteiger partial charge < -0.3 is 19.9 Å². The quantitative estimate of drug-likeness (QED) is 0.654. The van der Waals surface area contributed by atoms with Gasteiger partial charge in [0.05, 0.1) is 11.4 Å². The molecule has 0 aliphatic carbocycles. The first-order chi connectivity index (χ1) is 14.0. The molecule has 0 spiro atoms. The highest BCUT2D eigenvalue weighted by Crippen LogP contribution is 2.11. The molecule has 6 nitrogen and oxygen atoms in total. The van der Waals surface area contributed by atoms with Crippen molar-refractivity contribution in [1.82, 2.24) is 4.90 Å². The number of carbonyl (C=O) groups excluding carboxylic acids is 2. The monoisotopic (exact) mass is 416 g/mol. The van der Waals surface area contributed by atoms with Crippen LogP contribution in [0.5, 0.6) is 0 Å². The molecule has 1 saturated heterocycles. The standard InChI is InChI=1S/C22H29N3O3S/c1-17-7-9-18(10-8-17)23-21(26)15-24(2)22(27)16-25(13-19-5-3-11-28-19)14-20-6-4-12-29-20/h4,6-10,12,19H,3,5,11,13-16H2,1-2H3,(H,23,26)/p+1/t19-/m0/s1. The molecule has 0 bridgehead atoms. The van der Waals surface area contributed by atoms with E-state index in [2.05, 4.69) is 16.8 Å². The predicted octanol–water partition coefficient (Wildman–Crippen LogP) is 1.72. The number of amides is 2. The molecule has 2 amide bonds. The lowest BCUT2D eigenvalue weighted by Crippen LogP contribution is -3.13. The maximum Gasteiger partial charge on any atom is 0.277 e. The highest BCUT2D eigenvalue weighted by Gasteiger charge is 2.26. The molecule has 0 saturated carbocycles. The minimum atomic E-state index is -0.191. The second-order valence-electron chi connectivity index (χ2n) is 7.69. The number of quaternary nitrogens is 1. The van der Waals surface area contributed by atoms with Gasteiger partial charge in [-0.05, 0) is 43.3 Å². The van der Waals surface area contributed by atoms with Crippen molar-refractivity contribution in [2.75, 3.05) is 38.6 Å². The number of benzene rings is 1. The molecule has 3 rings (SSSR count). The number of nitrogens with zero attached hydrogens (tertiary/aromatic N) is 1. The first-order valence-electron chi connectivity index (χ1n) is 10.1. The maximum atomic E-state index is 12.8. The van der Waals surface area contributed by atoms with E-state index in [9.17, 15) is 9.59 Å². The number of aryl methyl sites for hydroxylation is 1. The fraction of sp³-hybridized carbons (Fsp3) is 0.455. The number of hydrogen-bond donors (Lipinski definition) is 2.